The van der Waals surface area contributed by atoms with Gasteiger partial charge >= 0.3 is 0 Å². The van der Waals surface area contributed by atoms with Crippen molar-refractivity contribution in [3.05, 3.63) is 35.6 Å². The van der Waals surface area contributed by atoms with E-state index in [9.17, 15) is 9.18 Å². The van der Waals surface area contributed by atoms with E-state index in [0.29, 0.717) is 19.2 Å². The average molecular weight is 334 g/mol. The zero-order valence-electron chi connectivity index (χ0n) is 13.7. The van der Waals surface area contributed by atoms with Gasteiger partial charge < -0.3 is 4.74 Å². The molecule has 0 spiro atoms. The van der Waals surface area contributed by atoms with Crippen molar-refractivity contribution in [2.75, 3.05) is 19.7 Å². The standard InChI is InChI=1S/C18H23FN2O3/c19-14-4-2-13(3-5-14)12-20-10-8-16-15(20)6-7-17(24-16)18(22)21-9-1-11-23-21/h2-5,15-17H,1,6-12H2/t15-,16-,17-/m0/s1. The van der Waals surface area contributed by atoms with E-state index in [0.717, 1.165) is 44.3 Å². The topological polar surface area (TPSA) is 42.0 Å². The Balaban J connectivity index is 1.35. The van der Waals surface area contributed by atoms with Crippen molar-refractivity contribution < 1.29 is 18.8 Å². The van der Waals surface area contributed by atoms with Gasteiger partial charge in [0.2, 0.25) is 0 Å². The van der Waals surface area contributed by atoms with E-state index >= 15 is 0 Å². The number of amides is 1. The molecule has 3 heterocycles. The van der Waals surface area contributed by atoms with Gasteiger partial charge in [0, 0.05) is 19.1 Å². The second-order valence-corrected chi connectivity index (χ2v) is 6.82. The van der Waals surface area contributed by atoms with Crippen LogP contribution in [-0.4, -0.2) is 53.8 Å². The Morgan fingerprint density at radius 2 is 2.00 bits per heavy atom. The van der Waals surface area contributed by atoms with E-state index in [1.54, 1.807) is 0 Å². The van der Waals surface area contributed by atoms with E-state index in [2.05, 4.69) is 4.90 Å². The third kappa shape index (κ3) is 3.18. The fraction of sp³-hybridized carbons (Fsp3) is 0.611. The number of fused-ring (bicyclic) bond motifs is 1. The van der Waals surface area contributed by atoms with Crippen molar-refractivity contribution in [2.45, 2.75) is 50.5 Å². The fourth-order valence-electron chi connectivity index (χ4n) is 4.00. The number of ether oxygens (including phenoxy) is 1. The highest BCUT2D eigenvalue weighted by Gasteiger charge is 2.43. The van der Waals surface area contributed by atoms with Crippen molar-refractivity contribution in [1.29, 1.82) is 0 Å². The monoisotopic (exact) mass is 334 g/mol. The first-order chi connectivity index (χ1) is 11.7. The molecule has 4 rings (SSSR count). The molecule has 6 heteroatoms. The van der Waals surface area contributed by atoms with E-state index in [1.165, 1.54) is 17.2 Å². The van der Waals surface area contributed by atoms with Crippen LogP contribution < -0.4 is 0 Å². The summed E-state index contributed by atoms with van der Waals surface area (Å²) in [6, 6.07) is 7.03. The first-order valence-corrected chi connectivity index (χ1v) is 8.79. The highest BCUT2D eigenvalue weighted by Crippen LogP contribution is 2.33. The number of likely N-dealkylation sites (tertiary alicyclic amines) is 1. The summed E-state index contributed by atoms with van der Waals surface area (Å²) in [5.74, 6) is -0.229. The number of nitrogens with zero attached hydrogens (tertiary/aromatic N) is 2. The number of hydrogen-bond acceptors (Lipinski definition) is 4. The number of hydrogen-bond donors (Lipinski definition) is 0. The molecule has 1 aromatic rings. The van der Waals surface area contributed by atoms with Gasteiger partial charge in [-0.1, -0.05) is 12.1 Å². The van der Waals surface area contributed by atoms with Crippen LogP contribution >= 0.6 is 0 Å². The summed E-state index contributed by atoms with van der Waals surface area (Å²) in [7, 11) is 0. The molecule has 0 aliphatic carbocycles. The van der Waals surface area contributed by atoms with E-state index in [4.69, 9.17) is 9.57 Å². The first-order valence-electron chi connectivity index (χ1n) is 8.79. The molecule has 3 atom stereocenters. The molecule has 0 saturated carbocycles. The maximum atomic E-state index is 13.0. The summed E-state index contributed by atoms with van der Waals surface area (Å²) in [6.45, 7) is 3.05. The molecule has 3 aliphatic rings. The van der Waals surface area contributed by atoms with Crippen LogP contribution in [0.15, 0.2) is 24.3 Å². The molecule has 0 radical (unpaired) electrons. The lowest BCUT2D eigenvalue weighted by Gasteiger charge is -2.36. The van der Waals surface area contributed by atoms with Crippen molar-refractivity contribution in [3.8, 4) is 0 Å². The molecule has 3 saturated heterocycles. The highest BCUT2D eigenvalue weighted by molar-refractivity contribution is 5.80. The molecule has 3 fully saturated rings. The van der Waals surface area contributed by atoms with E-state index in [1.807, 2.05) is 12.1 Å². The highest BCUT2D eigenvalue weighted by atomic mass is 19.1. The summed E-state index contributed by atoms with van der Waals surface area (Å²) in [6.07, 6.45) is 3.27. The predicted octanol–water partition coefficient (Wildman–Crippen LogP) is 2.11. The number of rotatable bonds is 3. The second kappa shape index (κ2) is 6.78. The predicted molar refractivity (Wildman–Crippen MR) is 85.4 cm³/mol. The van der Waals surface area contributed by atoms with Gasteiger partial charge in [0.25, 0.3) is 5.91 Å². The lowest BCUT2D eigenvalue weighted by Crippen LogP contribution is -2.48. The Labute approximate surface area is 141 Å². The minimum absolute atomic E-state index is 0.0251. The molecule has 1 aromatic carbocycles. The molecular weight excluding hydrogens is 311 g/mol. The number of benzene rings is 1. The number of hydroxylamine groups is 2. The van der Waals surface area contributed by atoms with Crippen molar-refractivity contribution in [3.63, 3.8) is 0 Å². The minimum atomic E-state index is -0.366. The van der Waals surface area contributed by atoms with Crippen LogP contribution in [-0.2, 0) is 20.9 Å². The number of carbonyl (C=O) groups excluding carboxylic acids is 1. The maximum absolute atomic E-state index is 13.0. The summed E-state index contributed by atoms with van der Waals surface area (Å²) in [5, 5.41) is 1.47. The summed E-state index contributed by atoms with van der Waals surface area (Å²) < 4.78 is 19.1. The molecule has 0 unspecified atom stereocenters. The zero-order chi connectivity index (χ0) is 16.5. The van der Waals surface area contributed by atoms with Crippen molar-refractivity contribution in [1.82, 2.24) is 9.96 Å². The van der Waals surface area contributed by atoms with Crippen LogP contribution in [0.25, 0.3) is 0 Å². The molecule has 24 heavy (non-hydrogen) atoms. The van der Waals surface area contributed by atoms with Gasteiger partial charge in [-0.3, -0.25) is 14.5 Å². The van der Waals surface area contributed by atoms with Crippen LogP contribution in [0, 0.1) is 5.82 Å². The van der Waals surface area contributed by atoms with Crippen molar-refractivity contribution >= 4 is 5.91 Å². The van der Waals surface area contributed by atoms with E-state index in [-0.39, 0.29) is 23.9 Å². The molecule has 130 valence electrons. The average Bonchev–Trinajstić information content (AvgIpc) is 3.26. The third-order valence-electron chi connectivity index (χ3n) is 5.24. The molecule has 0 N–H and O–H groups in total. The maximum Gasteiger partial charge on any atom is 0.275 e. The van der Waals surface area contributed by atoms with Gasteiger partial charge in [-0.25, -0.2) is 9.45 Å². The molecule has 3 aliphatic heterocycles. The molecular formula is C18H23FN2O3. The quantitative estimate of drug-likeness (QED) is 0.849. The van der Waals surface area contributed by atoms with Gasteiger partial charge in [0.05, 0.1) is 19.3 Å². The molecule has 5 nitrogen and oxygen atoms in total. The zero-order valence-corrected chi connectivity index (χ0v) is 13.7. The minimum Gasteiger partial charge on any atom is -0.363 e. The van der Waals surface area contributed by atoms with E-state index < -0.39 is 0 Å². The van der Waals surface area contributed by atoms with Gasteiger partial charge in [0.15, 0.2) is 0 Å². The third-order valence-corrected chi connectivity index (χ3v) is 5.24. The molecule has 1 amide bonds. The largest absolute Gasteiger partial charge is 0.363 e. The van der Waals surface area contributed by atoms with Crippen molar-refractivity contribution in [2.24, 2.45) is 0 Å². The smallest absolute Gasteiger partial charge is 0.275 e. The Bertz CT molecular complexity index is 588. The normalized spacial score (nSPS) is 30.5. The van der Waals surface area contributed by atoms with Gasteiger partial charge in [-0.05, 0) is 43.4 Å². The van der Waals surface area contributed by atoms with Gasteiger partial charge in [-0.2, -0.15) is 0 Å². The Hall–Kier alpha value is -1.50. The van der Waals surface area contributed by atoms with Gasteiger partial charge in [-0.15, -0.1) is 0 Å². The second-order valence-electron chi connectivity index (χ2n) is 6.82. The van der Waals surface area contributed by atoms with Crippen LogP contribution in [0.4, 0.5) is 4.39 Å². The summed E-state index contributed by atoms with van der Waals surface area (Å²) in [5.41, 5.74) is 1.11. The SMILES string of the molecule is O=C([C@@H]1CC[C@H]2[C@H](CCN2Cc2ccc(F)cc2)O1)N1CCCO1. The Morgan fingerprint density at radius 1 is 1.17 bits per heavy atom. The lowest BCUT2D eigenvalue weighted by molar-refractivity contribution is -0.189. The summed E-state index contributed by atoms with van der Waals surface area (Å²) in [4.78, 5) is 20.2. The molecule has 0 aromatic heterocycles. The lowest BCUT2D eigenvalue weighted by atomic mass is 9.98. The number of carbonyl (C=O) groups is 1. The first kappa shape index (κ1) is 16.0. The van der Waals surface area contributed by atoms with Crippen LogP contribution in [0.5, 0.6) is 0 Å². The summed E-state index contributed by atoms with van der Waals surface area (Å²) >= 11 is 0. The Morgan fingerprint density at radius 3 is 2.75 bits per heavy atom. The Kier molecular flexibility index (Phi) is 4.52. The van der Waals surface area contributed by atoms with Crippen LogP contribution in [0.2, 0.25) is 0 Å². The fourth-order valence-corrected chi connectivity index (χ4v) is 4.00. The van der Waals surface area contributed by atoms with Crippen LogP contribution in [0.1, 0.15) is 31.2 Å². The number of halogens is 1. The van der Waals surface area contributed by atoms with Gasteiger partial charge in [0.1, 0.15) is 11.9 Å². The van der Waals surface area contributed by atoms with Crippen LogP contribution in [0.3, 0.4) is 0 Å². The molecule has 0 bridgehead atoms.